The predicted octanol–water partition coefficient (Wildman–Crippen LogP) is 1.30. The van der Waals surface area contributed by atoms with Crippen molar-refractivity contribution in [2.75, 3.05) is 44.4 Å². The minimum atomic E-state index is -3.28. The molecule has 9 nitrogen and oxygen atoms in total. The van der Waals surface area contributed by atoms with Crippen LogP contribution in [-0.2, 0) is 24.3 Å². The van der Waals surface area contributed by atoms with E-state index in [2.05, 4.69) is 5.32 Å². The SMILES string of the molecule is Cc1cc(NC(=O)C(C)(C)C)sc1C(=O)OCC(=O)N1CCN(S(C)(=O)=O)CC1. The van der Waals surface area contributed by atoms with E-state index in [9.17, 15) is 22.8 Å². The maximum absolute atomic E-state index is 12.3. The summed E-state index contributed by atoms with van der Waals surface area (Å²) in [4.78, 5) is 38.5. The zero-order valence-electron chi connectivity index (χ0n) is 17.3. The minimum Gasteiger partial charge on any atom is -0.451 e. The Hall–Kier alpha value is -1.98. The van der Waals surface area contributed by atoms with E-state index in [0.717, 1.165) is 17.6 Å². The molecule has 2 amide bonds. The number of aryl methyl sites for hydroxylation is 1. The van der Waals surface area contributed by atoms with Crippen LogP contribution in [0.2, 0.25) is 0 Å². The predicted molar refractivity (Wildman–Crippen MR) is 110 cm³/mol. The third-order valence-corrected chi connectivity index (χ3v) is 6.84. The summed E-state index contributed by atoms with van der Waals surface area (Å²) in [7, 11) is -3.28. The lowest BCUT2D eigenvalue weighted by atomic mass is 9.96. The molecule has 0 aromatic carbocycles. The van der Waals surface area contributed by atoms with Crippen LogP contribution in [0.5, 0.6) is 0 Å². The molecule has 2 heterocycles. The summed E-state index contributed by atoms with van der Waals surface area (Å²) in [5, 5.41) is 3.31. The smallest absolute Gasteiger partial charge is 0.349 e. The van der Waals surface area contributed by atoms with Crippen molar-refractivity contribution < 1.29 is 27.5 Å². The number of nitrogens with zero attached hydrogens (tertiary/aromatic N) is 2. The van der Waals surface area contributed by atoms with Crippen LogP contribution in [0.1, 0.15) is 36.0 Å². The van der Waals surface area contributed by atoms with Gasteiger partial charge in [-0.2, -0.15) is 4.31 Å². The maximum Gasteiger partial charge on any atom is 0.349 e. The van der Waals surface area contributed by atoms with Gasteiger partial charge in [0.15, 0.2) is 6.61 Å². The Morgan fingerprint density at radius 1 is 1.17 bits per heavy atom. The first kappa shape index (κ1) is 23.3. The van der Waals surface area contributed by atoms with Crippen LogP contribution >= 0.6 is 11.3 Å². The van der Waals surface area contributed by atoms with Crippen molar-refractivity contribution in [1.29, 1.82) is 0 Å². The fourth-order valence-corrected chi connectivity index (χ4v) is 4.39. The van der Waals surface area contributed by atoms with Crippen molar-refractivity contribution in [3.8, 4) is 0 Å². The van der Waals surface area contributed by atoms with Crippen LogP contribution in [0.15, 0.2) is 6.07 Å². The molecule has 29 heavy (non-hydrogen) atoms. The molecular formula is C18H27N3O6S2. The lowest BCUT2D eigenvalue weighted by Gasteiger charge is -2.33. The first-order valence-electron chi connectivity index (χ1n) is 9.11. The largest absolute Gasteiger partial charge is 0.451 e. The zero-order valence-corrected chi connectivity index (χ0v) is 18.9. The maximum atomic E-state index is 12.3. The number of sulfonamides is 1. The molecule has 1 aliphatic rings. The standard InChI is InChI=1S/C18H27N3O6S2/c1-12-10-13(19-17(24)18(2,3)4)28-15(12)16(23)27-11-14(22)20-6-8-21(9-7-20)29(5,25)26/h10H,6-9,11H2,1-5H3,(H,19,24). The van der Waals surface area contributed by atoms with Gasteiger partial charge >= 0.3 is 5.97 Å². The molecule has 2 rings (SSSR count). The van der Waals surface area contributed by atoms with Crippen LogP contribution in [-0.4, -0.2) is 74.4 Å². The van der Waals surface area contributed by atoms with Crippen LogP contribution in [0.4, 0.5) is 5.00 Å². The molecule has 1 aromatic rings. The van der Waals surface area contributed by atoms with Gasteiger partial charge in [0, 0.05) is 31.6 Å². The van der Waals surface area contributed by atoms with Crippen molar-refractivity contribution in [2.45, 2.75) is 27.7 Å². The van der Waals surface area contributed by atoms with Gasteiger partial charge < -0.3 is 15.0 Å². The molecule has 0 spiro atoms. The molecule has 162 valence electrons. The molecule has 1 N–H and O–H groups in total. The second kappa shape index (κ2) is 8.80. The lowest BCUT2D eigenvalue weighted by Crippen LogP contribution is -2.51. The Labute approximate surface area is 175 Å². The molecule has 1 fully saturated rings. The van der Waals surface area contributed by atoms with E-state index in [-0.39, 0.29) is 38.0 Å². The number of carbonyl (C=O) groups excluding carboxylic acids is 3. The van der Waals surface area contributed by atoms with Gasteiger partial charge in [-0.1, -0.05) is 20.8 Å². The molecule has 0 radical (unpaired) electrons. The number of piperazine rings is 1. The third-order valence-electron chi connectivity index (χ3n) is 4.41. The fourth-order valence-electron chi connectivity index (χ4n) is 2.60. The molecule has 0 aliphatic carbocycles. The number of amides is 2. The van der Waals surface area contributed by atoms with E-state index in [0.29, 0.717) is 15.4 Å². The van der Waals surface area contributed by atoms with Gasteiger partial charge in [0.1, 0.15) is 4.88 Å². The van der Waals surface area contributed by atoms with Gasteiger partial charge in [0.25, 0.3) is 5.91 Å². The summed E-state index contributed by atoms with van der Waals surface area (Å²) >= 11 is 1.10. The average molecular weight is 446 g/mol. The molecule has 0 atom stereocenters. The van der Waals surface area contributed by atoms with E-state index in [4.69, 9.17) is 4.74 Å². The normalized spacial score (nSPS) is 15.8. The monoisotopic (exact) mass is 445 g/mol. The number of thiophene rings is 1. The van der Waals surface area contributed by atoms with Crippen LogP contribution < -0.4 is 5.32 Å². The van der Waals surface area contributed by atoms with E-state index < -0.39 is 28.0 Å². The number of esters is 1. The number of hydrogen-bond acceptors (Lipinski definition) is 7. The van der Waals surface area contributed by atoms with E-state index in [1.165, 1.54) is 9.21 Å². The average Bonchev–Trinajstić information content (AvgIpc) is 2.98. The van der Waals surface area contributed by atoms with Gasteiger partial charge in [-0.3, -0.25) is 9.59 Å². The number of ether oxygens (including phenoxy) is 1. The van der Waals surface area contributed by atoms with E-state index in [1.54, 1.807) is 33.8 Å². The number of rotatable bonds is 5. The van der Waals surface area contributed by atoms with Crippen molar-refractivity contribution in [1.82, 2.24) is 9.21 Å². The van der Waals surface area contributed by atoms with Crippen molar-refractivity contribution in [3.63, 3.8) is 0 Å². The Balaban J connectivity index is 1.89. The van der Waals surface area contributed by atoms with Gasteiger partial charge in [-0.05, 0) is 18.6 Å². The minimum absolute atomic E-state index is 0.165. The van der Waals surface area contributed by atoms with Crippen LogP contribution in [0.3, 0.4) is 0 Å². The van der Waals surface area contributed by atoms with Crippen molar-refractivity contribution >= 4 is 44.1 Å². The summed E-state index contributed by atoms with van der Waals surface area (Å²) in [5.74, 6) is -1.17. The second-order valence-electron chi connectivity index (χ2n) is 7.95. The van der Waals surface area contributed by atoms with E-state index >= 15 is 0 Å². The summed E-state index contributed by atoms with van der Waals surface area (Å²) in [5.41, 5.74) is 0.0879. The van der Waals surface area contributed by atoms with Crippen molar-refractivity contribution in [3.05, 3.63) is 16.5 Å². The highest BCUT2D eigenvalue weighted by molar-refractivity contribution is 7.88. The van der Waals surface area contributed by atoms with Crippen molar-refractivity contribution in [2.24, 2.45) is 5.41 Å². The first-order valence-corrected chi connectivity index (χ1v) is 11.8. The van der Waals surface area contributed by atoms with Crippen LogP contribution in [0.25, 0.3) is 0 Å². The molecule has 11 heteroatoms. The summed E-state index contributed by atoms with van der Waals surface area (Å²) in [6.07, 6.45) is 1.13. The lowest BCUT2D eigenvalue weighted by molar-refractivity contribution is -0.135. The molecule has 0 bridgehead atoms. The Kier molecular flexibility index (Phi) is 7.07. The van der Waals surface area contributed by atoms with Crippen LogP contribution in [0, 0.1) is 12.3 Å². The highest BCUT2D eigenvalue weighted by Gasteiger charge is 2.27. The molecular weight excluding hydrogens is 418 g/mol. The summed E-state index contributed by atoms with van der Waals surface area (Å²) in [6, 6.07) is 1.69. The highest BCUT2D eigenvalue weighted by atomic mass is 32.2. The van der Waals surface area contributed by atoms with Gasteiger partial charge in [-0.15, -0.1) is 11.3 Å². The molecule has 1 aromatic heterocycles. The zero-order chi connectivity index (χ0) is 22.0. The Morgan fingerprint density at radius 3 is 2.28 bits per heavy atom. The van der Waals surface area contributed by atoms with Gasteiger partial charge in [0.2, 0.25) is 15.9 Å². The number of nitrogens with one attached hydrogen (secondary N) is 1. The summed E-state index contributed by atoms with van der Waals surface area (Å²) < 4.78 is 29.5. The Morgan fingerprint density at radius 2 is 1.76 bits per heavy atom. The number of carbonyl (C=O) groups is 3. The molecule has 0 saturated carbocycles. The van der Waals surface area contributed by atoms with Gasteiger partial charge in [0.05, 0.1) is 11.3 Å². The summed E-state index contributed by atoms with van der Waals surface area (Å²) in [6.45, 7) is 7.64. The molecule has 1 saturated heterocycles. The molecule has 0 unspecified atom stereocenters. The second-order valence-corrected chi connectivity index (χ2v) is 11.0. The first-order chi connectivity index (χ1) is 13.3. The third kappa shape index (κ3) is 6.25. The quantitative estimate of drug-likeness (QED) is 0.684. The number of hydrogen-bond donors (Lipinski definition) is 1. The molecule has 1 aliphatic heterocycles. The fraction of sp³-hybridized carbons (Fsp3) is 0.611. The number of anilines is 1. The Bertz CT molecular complexity index is 893. The topological polar surface area (TPSA) is 113 Å². The highest BCUT2D eigenvalue weighted by Crippen LogP contribution is 2.29. The van der Waals surface area contributed by atoms with Gasteiger partial charge in [-0.25, -0.2) is 13.2 Å². The van der Waals surface area contributed by atoms with E-state index in [1.807, 2.05) is 0 Å².